The molecule has 0 radical (unpaired) electrons. The van der Waals surface area contributed by atoms with E-state index in [1.54, 1.807) is 0 Å². The van der Waals surface area contributed by atoms with E-state index in [0.717, 1.165) is 0 Å². The van der Waals surface area contributed by atoms with Crippen LogP contribution < -0.4 is 0 Å². The molecule has 6 heteroatoms. The van der Waals surface area contributed by atoms with E-state index in [-0.39, 0.29) is 5.57 Å². The number of carbonyl (C=O) groups excluding carboxylic acids is 1. The van der Waals surface area contributed by atoms with Crippen molar-refractivity contribution in [2.45, 2.75) is 32.1 Å². The Kier molecular flexibility index (Phi) is 4.28. The first-order valence-corrected chi connectivity index (χ1v) is 5.49. The maximum absolute atomic E-state index is 11.0. The summed E-state index contributed by atoms with van der Waals surface area (Å²) in [5, 5.41) is -1.15. The van der Waals surface area contributed by atoms with E-state index in [4.69, 9.17) is 9.29 Å². The monoisotopic (exact) mass is 222 g/mol. The molecule has 5 nitrogen and oxygen atoms in total. The van der Waals surface area contributed by atoms with Crippen LogP contribution >= 0.6 is 0 Å². The quantitative estimate of drug-likeness (QED) is 0.431. The first kappa shape index (κ1) is 13.1. The molecule has 2 atom stereocenters. The van der Waals surface area contributed by atoms with Gasteiger partial charge in [-0.05, 0) is 20.8 Å². The molecule has 14 heavy (non-hydrogen) atoms. The predicted molar refractivity (Wildman–Crippen MR) is 51.4 cm³/mol. The van der Waals surface area contributed by atoms with Crippen molar-refractivity contribution in [3.8, 4) is 0 Å². The topological polar surface area (TPSA) is 80.7 Å². The summed E-state index contributed by atoms with van der Waals surface area (Å²) in [7, 11) is -4.18. The highest BCUT2D eigenvalue weighted by Gasteiger charge is 2.27. The fourth-order valence-corrected chi connectivity index (χ4v) is 1.15. The molecule has 0 amide bonds. The van der Waals surface area contributed by atoms with E-state index < -0.39 is 27.4 Å². The van der Waals surface area contributed by atoms with Gasteiger partial charge in [-0.25, -0.2) is 4.79 Å². The van der Waals surface area contributed by atoms with E-state index in [2.05, 4.69) is 6.58 Å². The highest BCUT2D eigenvalue weighted by Crippen LogP contribution is 2.09. The third kappa shape index (κ3) is 3.89. The van der Waals surface area contributed by atoms with E-state index in [9.17, 15) is 13.2 Å². The third-order valence-electron chi connectivity index (χ3n) is 1.77. The Labute approximate surface area is 83.5 Å². The molecule has 0 spiro atoms. The molecule has 0 saturated heterocycles. The summed E-state index contributed by atoms with van der Waals surface area (Å²) in [6.45, 7) is 7.44. The van der Waals surface area contributed by atoms with Crippen molar-refractivity contribution in [3.05, 3.63) is 12.2 Å². The molecule has 0 aliphatic heterocycles. The summed E-state index contributed by atoms with van der Waals surface area (Å²) in [6, 6.07) is 0. The molecule has 2 unspecified atom stereocenters. The third-order valence-corrected chi connectivity index (χ3v) is 3.10. The lowest BCUT2D eigenvalue weighted by Crippen LogP contribution is -2.32. The van der Waals surface area contributed by atoms with Crippen molar-refractivity contribution < 1.29 is 22.5 Å². The fourth-order valence-electron chi connectivity index (χ4n) is 0.607. The van der Waals surface area contributed by atoms with Gasteiger partial charge < -0.3 is 4.74 Å². The second-order valence-electron chi connectivity index (χ2n) is 3.11. The first-order valence-electron chi connectivity index (χ1n) is 3.99. The molecule has 0 saturated carbocycles. The molecule has 1 N–H and O–H groups in total. The Morgan fingerprint density at radius 1 is 1.43 bits per heavy atom. The van der Waals surface area contributed by atoms with Crippen LogP contribution in [0, 0.1) is 0 Å². The van der Waals surface area contributed by atoms with Gasteiger partial charge in [0, 0.05) is 5.57 Å². The zero-order valence-corrected chi connectivity index (χ0v) is 9.17. The minimum absolute atomic E-state index is 0.180. The van der Waals surface area contributed by atoms with Crippen molar-refractivity contribution in [2.75, 3.05) is 0 Å². The molecular formula is C8H14O5S. The number of ether oxygens (including phenoxy) is 1. The maximum Gasteiger partial charge on any atom is 0.333 e. The van der Waals surface area contributed by atoms with E-state index in [1.165, 1.54) is 20.8 Å². The van der Waals surface area contributed by atoms with Crippen LogP contribution in [0.15, 0.2) is 12.2 Å². The van der Waals surface area contributed by atoms with E-state index in [0.29, 0.717) is 0 Å². The largest absolute Gasteiger partial charge is 0.458 e. The van der Waals surface area contributed by atoms with Crippen LogP contribution in [0.5, 0.6) is 0 Å². The summed E-state index contributed by atoms with van der Waals surface area (Å²) in [6.07, 6.45) is -0.908. The zero-order chi connectivity index (χ0) is 11.5. The molecular weight excluding hydrogens is 208 g/mol. The van der Waals surface area contributed by atoms with Crippen LogP contribution in [0.4, 0.5) is 0 Å². The minimum atomic E-state index is -4.18. The van der Waals surface area contributed by atoms with Gasteiger partial charge in [0.25, 0.3) is 10.1 Å². The lowest BCUT2D eigenvalue weighted by Gasteiger charge is -2.17. The highest BCUT2D eigenvalue weighted by molar-refractivity contribution is 7.86. The summed E-state index contributed by atoms with van der Waals surface area (Å²) in [5.41, 5.74) is 0.180. The number of hydrogen-bond donors (Lipinski definition) is 1. The van der Waals surface area contributed by atoms with Crippen molar-refractivity contribution in [3.63, 3.8) is 0 Å². The van der Waals surface area contributed by atoms with Gasteiger partial charge in [0.1, 0.15) is 11.4 Å². The van der Waals surface area contributed by atoms with Crippen LogP contribution in [0.2, 0.25) is 0 Å². The average Bonchev–Trinajstić information content (AvgIpc) is 2.00. The lowest BCUT2D eigenvalue weighted by atomic mass is 10.3. The average molecular weight is 222 g/mol. The molecule has 0 aromatic carbocycles. The van der Waals surface area contributed by atoms with Gasteiger partial charge in [0.05, 0.1) is 0 Å². The maximum atomic E-state index is 11.0. The van der Waals surface area contributed by atoms with Crippen molar-refractivity contribution in [1.29, 1.82) is 0 Å². The lowest BCUT2D eigenvalue weighted by molar-refractivity contribution is -0.143. The fraction of sp³-hybridized carbons (Fsp3) is 0.625. The summed E-state index contributed by atoms with van der Waals surface area (Å²) >= 11 is 0. The van der Waals surface area contributed by atoms with E-state index in [1.807, 2.05) is 0 Å². The smallest absolute Gasteiger partial charge is 0.333 e. The predicted octanol–water partition coefficient (Wildman–Crippen LogP) is 0.770. The Morgan fingerprint density at radius 3 is 2.14 bits per heavy atom. The molecule has 0 rings (SSSR count). The van der Waals surface area contributed by atoms with Crippen molar-refractivity contribution in [2.24, 2.45) is 0 Å². The van der Waals surface area contributed by atoms with Crippen molar-refractivity contribution >= 4 is 16.1 Å². The Bertz CT molecular complexity index is 330. The number of carbonyl (C=O) groups is 1. The van der Waals surface area contributed by atoms with Crippen LogP contribution in [0.25, 0.3) is 0 Å². The Hall–Kier alpha value is -0.880. The van der Waals surface area contributed by atoms with Gasteiger partial charge in [0.2, 0.25) is 0 Å². The van der Waals surface area contributed by atoms with E-state index >= 15 is 0 Å². The van der Waals surface area contributed by atoms with Gasteiger partial charge in [-0.1, -0.05) is 6.58 Å². The van der Waals surface area contributed by atoms with Crippen LogP contribution in [0.3, 0.4) is 0 Å². The summed E-state index contributed by atoms with van der Waals surface area (Å²) < 4.78 is 34.7. The van der Waals surface area contributed by atoms with Gasteiger partial charge in [0.15, 0.2) is 0 Å². The van der Waals surface area contributed by atoms with Gasteiger partial charge in [-0.15, -0.1) is 0 Å². The number of rotatable bonds is 4. The van der Waals surface area contributed by atoms with Crippen LogP contribution in [-0.2, 0) is 19.6 Å². The molecule has 0 aliphatic rings. The molecule has 0 fully saturated rings. The molecule has 0 bridgehead atoms. The molecule has 82 valence electrons. The SMILES string of the molecule is C=C(C)C(=O)OC(C)C(C)S(=O)(=O)O. The van der Waals surface area contributed by atoms with Crippen molar-refractivity contribution in [1.82, 2.24) is 0 Å². The standard InChI is InChI=1S/C8H14O5S/c1-5(2)8(9)13-6(3)7(4)14(10,11)12/h6-7H,1H2,2-4H3,(H,10,11,12). The summed E-state index contributed by atoms with van der Waals surface area (Å²) in [5.74, 6) is -0.673. The number of esters is 1. The first-order chi connectivity index (χ1) is 6.16. The van der Waals surface area contributed by atoms with Gasteiger partial charge >= 0.3 is 5.97 Å². The normalized spacial score (nSPS) is 15.7. The molecule has 0 aliphatic carbocycles. The Balaban J connectivity index is 4.44. The second-order valence-corrected chi connectivity index (χ2v) is 4.88. The zero-order valence-electron chi connectivity index (χ0n) is 8.35. The van der Waals surface area contributed by atoms with Gasteiger partial charge in [-0.3, -0.25) is 4.55 Å². The summed E-state index contributed by atoms with van der Waals surface area (Å²) in [4.78, 5) is 11.0. The van der Waals surface area contributed by atoms with Crippen LogP contribution in [-0.4, -0.2) is 30.3 Å². The molecule has 0 aromatic rings. The molecule has 0 aromatic heterocycles. The molecule has 0 heterocycles. The Morgan fingerprint density at radius 2 is 1.86 bits per heavy atom. The van der Waals surface area contributed by atoms with Gasteiger partial charge in [-0.2, -0.15) is 8.42 Å². The minimum Gasteiger partial charge on any atom is -0.458 e. The number of hydrogen-bond acceptors (Lipinski definition) is 4. The second kappa shape index (κ2) is 4.56. The van der Waals surface area contributed by atoms with Crippen LogP contribution in [0.1, 0.15) is 20.8 Å². The highest BCUT2D eigenvalue weighted by atomic mass is 32.2.